The van der Waals surface area contributed by atoms with Crippen molar-refractivity contribution in [2.24, 2.45) is 0 Å². The lowest BCUT2D eigenvalue weighted by Gasteiger charge is -2.27. The molecule has 0 saturated heterocycles. The number of fused-ring (bicyclic) bond motifs is 12. The Morgan fingerprint density at radius 2 is 0.662 bits per heavy atom. The van der Waals surface area contributed by atoms with E-state index in [0.717, 1.165) is 22.7 Å². The first-order valence-corrected chi connectivity index (χ1v) is 25.8. The summed E-state index contributed by atoms with van der Waals surface area (Å²) in [6, 6.07) is 85.8. The summed E-state index contributed by atoms with van der Waals surface area (Å²) in [5.41, 5.74) is 23.9. The Labute approximate surface area is 429 Å². The molecule has 0 aliphatic heterocycles. The van der Waals surface area contributed by atoms with Crippen LogP contribution in [0.4, 0.5) is 34.1 Å². The molecule has 11 aromatic carbocycles. The van der Waals surface area contributed by atoms with Gasteiger partial charge in [-0.3, -0.25) is 0 Å². The Morgan fingerprint density at radius 3 is 1.07 bits per heavy atom. The lowest BCUT2D eigenvalue weighted by molar-refractivity contribution is 1.24. The van der Waals surface area contributed by atoms with Gasteiger partial charge < -0.3 is 18.6 Å². The topological polar surface area (TPSA) is 15.3 Å². The Hall–Kier alpha value is -9.38. The van der Waals surface area contributed by atoms with E-state index in [9.17, 15) is 0 Å². The van der Waals surface area contributed by atoms with Gasteiger partial charge >= 0.3 is 0 Å². The second kappa shape index (κ2) is 16.1. The average molecular weight is 947 g/mol. The highest BCUT2D eigenvalue weighted by atomic mass is 15.2. The van der Waals surface area contributed by atoms with Crippen molar-refractivity contribution in [3.8, 4) is 22.3 Å². The van der Waals surface area contributed by atoms with Crippen molar-refractivity contribution in [1.29, 1.82) is 0 Å². The number of nitrogens with zero attached hydrogens (tertiary/aromatic N) is 4. The minimum Gasteiger partial charge on any atom is -0.310 e. The van der Waals surface area contributed by atoms with Crippen LogP contribution in [0.25, 0.3) is 98.4 Å². The van der Waals surface area contributed by atoms with Gasteiger partial charge in [0, 0.05) is 88.3 Å². The van der Waals surface area contributed by atoms with E-state index in [-0.39, 0.29) is 0 Å². The van der Waals surface area contributed by atoms with Gasteiger partial charge in [-0.15, -0.1) is 0 Å². The molecule has 4 heterocycles. The zero-order valence-corrected chi connectivity index (χ0v) is 41.7. The molecule has 0 spiro atoms. The summed E-state index contributed by atoms with van der Waals surface area (Å²) in [6.07, 6.45) is 0. The van der Waals surface area contributed by atoms with Gasteiger partial charge in [-0.05, 0) is 122 Å². The monoisotopic (exact) mass is 946 g/mol. The van der Waals surface area contributed by atoms with Gasteiger partial charge in [0.2, 0.25) is 0 Å². The number of aromatic nitrogens is 2. The Bertz CT molecular complexity index is 4380. The van der Waals surface area contributed by atoms with E-state index < -0.39 is 0 Å². The Morgan fingerprint density at radius 1 is 0.284 bits per heavy atom. The molecule has 15 rings (SSSR count). The molecule has 0 atom stereocenters. The standard InChI is InChI=1S/C70H50N4/c1-43-31-33-45(3)59(39-43)71(49-23-13-7-14-24-49)51-35-37-53-55-27-17-29-57-65-64(48-21-11-6-12-22-48)70-66(63(47-19-9-5-10-20-47)69(65)73(67(55)57)61(53)41-51)58-30-18-28-56-54-38-36-52(42-62(54)74(70)68(56)58)72(50-25-15-8-16-26-50)60-40-44(2)32-34-46(60)4/h5-42H,1-4H3. The van der Waals surface area contributed by atoms with Crippen LogP contribution in [-0.4, -0.2) is 8.80 Å². The van der Waals surface area contributed by atoms with E-state index in [2.05, 4.69) is 277 Å². The molecule has 0 saturated carbocycles. The van der Waals surface area contributed by atoms with Crippen LogP contribution in [0.15, 0.2) is 231 Å². The van der Waals surface area contributed by atoms with E-state index in [1.54, 1.807) is 0 Å². The fraction of sp³-hybridized carbons (Fsp3) is 0.0571. The van der Waals surface area contributed by atoms with Gasteiger partial charge in [-0.1, -0.05) is 170 Å². The molecule has 15 aromatic rings. The van der Waals surface area contributed by atoms with E-state index in [0.29, 0.717) is 0 Å². The fourth-order valence-electron chi connectivity index (χ4n) is 12.7. The van der Waals surface area contributed by atoms with Crippen molar-refractivity contribution in [1.82, 2.24) is 8.80 Å². The molecule has 0 N–H and O–H groups in total. The van der Waals surface area contributed by atoms with Crippen LogP contribution in [0.1, 0.15) is 22.3 Å². The van der Waals surface area contributed by atoms with Crippen LogP contribution in [0.2, 0.25) is 0 Å². The third-order valence-electron chi connectivity index (χ3n) is 15.9. The molecule has 0 fully saturated rings. The predicted octanol–water partition coefficient (Wildman–Crippen LogP) is 19.5. The Balaban J connectivity index is 1.13. The van der Waals surface area contributed by atoms with Gasteiger partial charge in [0.05, 0.1) is 33.1 Å². The quantitative estimate of drug-likeness (QED) is 0.151. The molecule has 74 heavy (non-hydrogen) atoms. The molecule has 0 bridgehead atoms. The fourth-order valence-corrected chi connectivity index (χ4v) is 12.7. The zero-order chi connectivity index (χ0) is 49.3. The van der Waals surface area contributed by atoms with E-state index >= 15 is 0 Å². The van der Waals surface area contributed by atoms with E-state index in [1.165, 1.54) is 132 Å². The van der Waals surface area contributed by atoms with Crippen LogP contribution in [0, 0.1) is 27.7 Å². The minimum absolute atomic E-state index is 1.12. The van der Waals surface area contributed by atoms with Crippen LogP contribution in [0.5, 0.6) is 0 Å². The average Bonchev–Trinajstić information content (AvgIpc) is 4.26. The second-order valence-electron chi connectivity index (χ2n) is 20.3. The van der Waals surface area contributed by atoms with Crippen molar-refractivity contribution in [2.45, 2.75) is 27.7 Å². The SMILES string of the molecule is Cc1ccc(C)c(N(c2ccccc2)c2ccc3c4cccc5c6c(-c7ccccc7)c7c(c(-c8ccccc8)c6n(c3c2)c45)c2cccc3c4ccc(N(c5ccccc5)c5cc(C)ccc5C)cc4n7c32)c1. The first kappa shape index (κ1) is 42.3. The molecule has 4 heteroatoms. The summed E-state index contributed by atoms with van der Waals surface area (Å²) < 4.78 is 5.26. The van der Waals surface area contributed by atoms with Crippen molar-refractivity contribution in [3.05, 3.63) is 253 Å². The summed E-state index contributed by atoms with van der Waals surface area (Å²) in [5, 5.41) is 10.0. The number of para-hydroxylation sites is 4. The third kappa shape index (κ3) is 6.03. The van der Waals surface area contributed by atoms with Crippen molar-refractivity contribution < 1.29 is 0 Å². The number of hydrogen-bond donors (Lipinski definition) is 0. The number of aryl methyl sites for hydroxylation is 4. The Kier molecular flexibility index (Phi) is 9.19. The van der Waals surface area contributed by atoms with E-state index in [4.69, 9.17) is 0 Å². The lowest BCUT2D eigenvalue weighted by atomic mass is 9.89. The summed E-state index contributed by atoms with van der Waals surface area (Å²) >= 11 is 0. The number of rotatable bonds is 8. The molecule has 0 aliphatic carbocycles. The predicted molar refractivity (Wildman–Crippen MR) is 315 cm³/mol. The van der Waals surface area contributed by atoms with Crippen molar-refractivity contribution >= 4 is 110 Å². The molecule has 0 radical (unpaired) electrons. The van der Waals surface area contributed by atoms with Crippen LogP contribution in [0.3, 0.4) is 0 Å². The number of benzene rings is 11. The van der Waals surface area contributed by atoms with Gasteiger partial charge in [-0.25, -0.2) is 0 Å². The molecule has 4 aromatic heterocycles. The summed E-state index contributed by atoms with van der Waals surface area (Å²) in [4.78, 5) is 4.87. The second-order valence-corrected chi connectivity index (χ2v) is 20.3. The lowest BCUT2D eigenvalue weighted by Crippen LogP contribution is -2.11. The largest absolute Gasteiger partial charge is 0.310 e. The summed E-state index contributed by atoms with van der Waals surface area (Å²) in [6.45, 7) is 8.82. The first-order chi connectivity index (χ1) is 36.4. The third-order valence-corrected chi connectivity index (χ3v) is 15.9. The first-order valence-electron chi connectivity index (χ1n) is 25.8. The minimum atomic E-state index is 1.12. The van der Waals surface area contributed by atoms with Crippen molar-refractivity contribution in [2.75, 3.05) is 9.80 Å². The molecule has 0 amide bonds. The van der Waals surface area contributed by atoms with Crippen molar-refractivity contribution in [3.63, 3.8) is 0 Å². The number of hydrogen-bond acceptors (Lipinski definition) is 2. The molecule has 4 nitrogen and oxygen atoms in total. The van der Waals surface area contributed by atoms with Gasteiger partial charge in [0.1, 0.15) is 0 Å². The molecular weight excluding hydrogens is 897 g/mol. The van der Waals surface area contributed by atoms with Crippen LogP contribution < -0.4 is 9.80 Å². The maximum atomic E-state index is 2.63. The van der Waals surface area contributed by atoms with Crippen LogP contribution in [-0.2, 0) is 0 Å². The molecule has 0 aliphatic rings. The molecule has 350 valence electrons. The van der Waals surface area contributed by atoms with Gasteiger partial charge in [-0.2, -0.15) is 0 Å². The summed E-state index contributed by atoms with van der Waals surface area (Å²) in [7, 11) is 0. The maximum Gasteiger partial charge on any atom is 0.0634 e. The summed E-state index contributed by atoms with van der Waals surface area (Å²) in [5.74, 6) is 0. The van der Waals surface area contributed by atoms with Gasteiger partial charge in [0.15, 0.2) is 0 Å². The highest BCUT2D eigenvalue weighted by molar-refractivity contribution is 6.38. The van der Waals surface area contributed by atoms with E-state index in [1.807, 2.05) is 0 Å². The normalized spacial score (nSPS) is 12.1. The van der Waals surface area contributed by atoms with Gasteiger partial charge in [0.25, 0.3) is 0 Å². The molecular formula is C70H50N4. The zero-order valence-electron chi connectivity index (χ0n) is 41.7. The molecule has 0 unspecified atom stereocenters. The smallest absolute Gasteiger partial charge is 0.0634 e. The maximum absolute atomic E-state index is 2.63. The number of anilines is 6. The van der Waals surface area contributed by atoms with Crippen LogP contribution >= 0.6 is 0 Å². The highest BCUT2D eigenvalue weighted by Crippen LogP contribution is 2.55. The highest BCUT2D eigenvalue weighted by Gasteiger charge is 2.31.